The van der Waals surface area contributed by atoms with Crippen molar-refractivity contribution < 1.29 is 4.42 Å². The minimum absolute atomic E-state index is 0.563. The van der Waals surface area contributed by atoms with Crippen LogP contribution in [0, 0.1) is 0 Å². The van der Waals surface area contributed by atoms with Crippen molar-refractivity contribution >= 4 is 16.7 Å². The second-order valence-corrected chi connectivity index (χ2v) is 5.51. The Labute approximate surface area is 137 Å². The summed E-state index contributed by atoms with van der Waals surface area (Å²) in [6, 6.07) is 21.8. The molecule has 3 aromatic heterocycles. The van der Waals surface area contributed by atoms with Crippen molar-refractivity contribution in [2.45, 2.75) is 0 Å². The van der Waals surface area contributed by atoms with Crippen molar-refractivity contribution in [1.82, 2.24) is 19.6 Å². The van der Waals surface area contributed by atoms with E-state index in [-0.39, 0.29) is 0 Å². The molecule has 0 aliphatic rings. The van der Waals surface area contributed by atoms with Gasteiger partial charge in [0.2, 0.25) is 5.71 Å². The quantitative estimate of drug-likeness (QED) is 0.490. The lowest BCUT2D eigenvalue weighted by Crippen LogP contribution is -1.89. The monoisotopic (exact) mass is 312 g/mol. The third kappa shape index (κ3) is 1.99. The molecule has 0 N–H and O–H groups in total. The predicted molar refractivity (Wildman–Crippen MR) is 91.4 cm³/mol. The molecule has 0 amide bonds. The van der Waals surface area contributed by atoms with E-state index >= 15 is 0 Å². The molecule has 0 aliphatic heterocycles. The topological polar surface area (TPSA) is 56.2 Å². The zero-order chi connectivity index (χ0) is 15.9. The first-order valence-corrected chi connectivity index (χ1v) is 7.64. The van der Waals surface area contributed by atoms with Crippen LogP contribution in [0.2, 0.25) is 0 Å². The van der Waals surface area contributed by atoms with Crippen LogP contribution in [0.5, 0.6) is 0 Å². The van der Waals surface area contributed by atoms with Gasteiger partial charge in [0.05, 0.1) is 5.39 Å². The van der Waals surface area contributed by atoms with Gasteiger partial charge in [-0.2, -0.15) is 0 Å². The summed E-state index contributed by atoms with van der Waals surface area (Å²) in [6.07, 6.45) is 1.63. The lowest BCUT2D eigenvalue weighted by atomic mass is 10.2. The fourth-order valence-corrected chi connectivity index (χ4v) is 2.79. The fraction of sp³-hybridized carbons (Fsp3) is 0. The maximum absolute atomic E-state index is 5.88. The van der Waals surface area contributed by atoms with Crippen LogP contribution in [0.25, 0.3) is 39.5 Å². The minimum atomic E-state index is 0.563. The van der Waals surface area contributed by atoms with Gasteiger partial charge in [-0.15, -0.1) is 5.10 Å². The first-order valence-electron chi connectivity index (χ1n) is 7.64. The second kappa shape index (κ2) is 5.03. The molecule has 5 aromatic rings. The van der Waals surface area contributed by atoms with Crippen LogP contribution >= 0.6 is 0 Å². The van der Waals surface area contributed by atoms with E-state index in [9.17, 15) is 0 Å². The standard InChI is InChI=1S/C19H12N4O/c1-3-7-13(8-4-1)16-11-15-18-21-17(14-9-5-2-6-10-14)22-23(18)12-20-19(15)24-16/h1-12H. The minimum Gasteiger partial charge on any atom is -0.438 e. The van der Waals surface area contributed by atoms with E-state index in [1.165, 1.54) is 0 Å². The van der Waals surface area contributed by atoms with Crippen molar-refractivity contribution in [3.8, 4) is 22.7 Å². The molecule has 24 heavy (non-hydrogen) atoms. The third-order valence-corrected chi connectivity index (χ3v) is 3.96. The number of rotatable bonds is 2. The van der Waals surface area contributed by atoms with Crippen LogP contribution in [-0.4, -0.2) is 19.6 Å². The van der Waals surface area contributed by atoms with Gasteiger partial charge in [-0.3, -0.25) is 0 Å². The molecule has 0 saturated heterocycles. The Hall–Kier alpha value is -3.47. The lowest BCUT2D eigenvalue weighted by molar-refractivity contribution is 0.616. The van der Waals surface area contributed by atoms with E-state index in [1.807, 2.05) is 66.7 Å². The smallest absolute Gasteiger partial charge is 0.231 e. The Morgan fingerprint density at radius 1 is 0.833 bits per heavy atom. The number of hydrogen-bond donors (Lipinski definition) is 0. The molecule has 5 nitrogen and oxygen atoms in total. The van der Waals surface area contributed by atoms with E-state index < -0.39 is 0 Å². The SMILES string of the molecule is c1ccc(-c2nc3c4cc(-c5ccccc5)oc4ncn3n2)cc1. The molecule has 0 saturated carbocycles. The van der Waals surface area contributed by atoms with Crippen LogP contribution in [0.3, 0.4) is 0 Å². The molecule has 0 unspecified atom stereocenters. The zero-order valence-electron chi connectivity index (χ0n) is 12.6. The second-order valence-electron chi connectivity index (χ2n) is 5.51. The van der Waals surface area contributed by atoms with Gasteiger partial charge in [0.15, 0.2) is 11.5 Å². The van der Waals surface area contributed by atoms with Crippen LogP contribution in [0.1, 0.15) is 0 Å². The maximum Gasteiger partial charge on any atom is 0.231 e. The van der Waals surface area contributed by atoms with Crippen molar-refractivity contribution in [2.75, 3.05) is 0 Å². The van der Waals surface area contributed by atoms with Gasteiger partial charge in [0, 0.05) is 11.1 Å². The van der Waals surface area contributed by atoms with Crippen LogP contribution in [0.15, 0.2) is 77.5 Å². The Kier molecular flexibility index (Phi) is 2.72. The number of furan rings is 1. The van der Waals surface area contributed by atoms with Gasteiger partial charge in [-0.1, -0.05) is 60.7 Å². The van der Waals surface area contributed by atoms with E-state index in [0.717, 1.165) is 27.9 Å². The fourth-order valence-electron chi connectivity index (χ4n) is 2.79. The number of aromatic nitrogens is 4. The van der Waals surface area contributed by atoms with Crippen molar-refractivity contribution in [3.63, 3.8) is 0 Å². The van der Waals surface area contributed by atoms with Crippen molar-refractivity contribution in [1.29, 1.82) is 0 Å². The molecule has 3 heterocycles. The summed E-state index contributed by atoms with van der Waals surface area (Å²) in [5, 5.41) is 5.37. The molecule has 0 fully saturated rings. The molecule has 5 heteroatoms. The van der Waals surface area contributed by atoms with Crippen molar-refractivity contribution in [3.05, 3.63) is 73.1 Å². The molecule has 0 spiro atoms. The zero-order valence-corrected chi connectivity index (χ0v) is 12.6. The number of fused-ring (bicyclic) bond motifs is 3. The van der Waals surface area contributed by atoms with Gasteiger partial charge >= 0.3 is 0 Å². The Balaban J connectivity index is 1.72. The summed E-state index contributed by atoms with van der Waals surface area (Å²) in [4.78, 5) is 9.03. The first-order chi connectivity index (χ1) is 11.9. The average Bonchev–Trinajstić information content (AvgIpc) is 3.27. The first kappa shape index (κ1) is 13.0. The molecule has 0 bridgehead atoms. The number of nitrogens with zero attached hydrogens (tertiary/aromatic N) is 4. The normalized spacial score (nSPS) is 11.3. The maximum atomic E-state index is 5.88. The highest BCUT2D eigenvalue weighted by Crippen LogP contribution is 2.29. The van der Waals surface area contributed by atoms with Gasteiger partial charge in [-0.05, 0) is 6.07 Å². The van der Waals surface area contributed by atoms with E-state index in [1.54, 1.807) is 10.8 Å². The van der Waals surface area contributed by atoms with Crippen molar-refractivity contribution in [2.24, 2.45) is 0 Å². The van der Waals surface area contributed by atoms with Crippen LogP contribution in [-0.2, 0) is 0 Å². The molecule has 0 atom stereocenters. The molecule has 5 rings (SSSR count). The third-order valence-electron chi connectivity index (χ3n) is 3.96. The largest absolute Gasteiger partial charge is 0.438 e. The van der Waals surface area contributed by atoms with Crippen LogP contribution in [0.4, 0.5) is 0 Å². The van der Waals surface area contributed by atoms with Crippen LogP contribution < -0.4 is 0 Å². The molecule has 0 aliphatic carbocycles. The predicted octanol–water partition coefficient (Wildman–Crippen LogP) is 4.20. The van der Waals surface area contributed by atoms with Gasteiger partial charge in [-0.25, -0.2) is 14.5 Å². The summed E-state index contributed by atoms with van der Waals surface area (Å²) >= 11 is 0. The summed E-state index contributed by atoms with van der Waals surface area (Å²) in [7, 11) is 0. The molecule has 0 radical (unpaired) electrons. The Morgan fingerprint density at radius 3 is 2.29 bits per heavy atom. The van der Waals surface area contributed by atoms with E-state index in [0.29, 0.717) is 11.5 Å². The highest BCUT2D eigenvalue weighted by Gasteiger charge is 2.14. The molecule has 114 valence electrons. The number of benzene rings is 2. The lowest BCUT2D eigenvalue weighted by Gasteiger charge is -1.93. The number of hydrogen-bond acceptors (Lipinski definition) is 4. The molecular weight excluding hydrogens is 300 g/mol. The molecule has 2 aromatic carbocycles. The molecular formula is C19H12N4O. The summed E-state index contributed by atoms with van der Waals surface area (Å²) in [5.41, 5.74) is 3.29. The Morgan fingerprint density at radius 2 is 1.54 bits per heavy atom. The highest BCUT2D eigenvalue weighted by atomic mass is 16.3. The summed E-state index contributed by atoms with van der Waals surface area (Å²) in [6.45, 7) is 0. The summed E-state index contributed by atoms with van der Waals surface area (Å²) in [5.74, 6) is 1.45. The van der Waals surface area contributed by atoms with Gasteiger partial charge in [0.1, 0.15) is 12.1 Å². The van der Waals surface area contributed by atoms with Gasteiger partial charge in [0.25, 0.3) is 0 Å². The average molecular weight is 312 g/mol. The van der Waals surface area contributed by atoms with E-state index in [2.05, 4.69) is 15.1 Å². The van der Waals surface area contributed by atoms with Gasteiger partial charge < -0.3 is 4.42 Å². The highest BCUT2D eigenvalue weighted by molar-refractivity contribution is 5.91. The Bertz CT molecular complexity index is 1050. The summed E-state index contributed by atoms with van der Waals surface area (Å²) < 4.78 is 7.57. The van der Waals surface area contributed by atoms with E-state index in [4.69, 9.17) is 4.42 Å².